The van der Waals surface area contributed by atoms with Crippen LogP contribution in [0.3, 0.4) is 0 Å². The maximum atomic E-state index is 12.0. The van der Waals surface area contributed by atoms with Gasteiger partial charge in [-0.25, -0.2) is 0 Å². The molecule has 0 spiro atoms. The van der Waals surface area contributed by atoms with E-state index in [0.717, 1.165) is 32.5 Å². The molecule has 1 saturated heterocycles. The molecule has 1 fully saturated rings. The topological polar surface area (TPSA) is 29.5 Å². The molecule has 20 heavy (non-hydrogen) atoms. The van der Waals surface area contributed by atoms with Crippen molar-refractivity contribution < 1.29 is 9.53 Å². The van der Waals surface area contributed by atoms with Crippen LogP contribution in [0.4, 0.5) is 0 Å². The van der Waals surface area contributed by atoms with Crippen LogP contribution in [0.5, 0.6) is 0 Å². The summed E-state index contributed by atoms with van der Waals surface area (Å²) in [5, 5.41) is 0. The van der Waals surface area contributed by atoms with Crippen LogP contribution < -0.4 is 0 Å². The SMILES string of the molecule is CC(C)(C)OC(=O)C1CCN(Cc2ccccc2)CC1. The summed E-state index contributed by atoms with van der Waals surface area (Å²) in [6.07, 6.45) is 1.81. The van der Waals surface area contributed by atoms with Crippen LogP contribution in [0.25, 0.3) is 0 Å². The van der Waals surface area contributed by atoms with E-state index >= 15 is 0 Å². The first-order valence-corrected chi connectivity index (χ1v) is 7.43. The Kier molecular flexibility index (Phi) is 4.81. The van der Waals surface area contributed by atoms with Crippen molar-refractivity contribution in [3.63, 3.8) is 0 Å². The summed E-state index contributed by atoms with van der Waals surface area (Å²) in [5.74, 6) is 0.0399. The summed E-state index contributed by atoms with van der Waals surface area (Å²) in [5.41, 5.74) is 0.960. The minimum Gasteiger partial charge on any atom is -0.460 e. The van der Waals surface area contributed by atoms with E-state index in [4.69, 9.17) is 4.74 Å². The number of carbonyl (C=O) groups excluding carboxylic acids is 1. The maximum Gasteiger partial charge on any atom is 0.309 e. The molecule has 1 heterocycles. The second kappa shape index (κ2) is 6.40. The number of rotatable bonds is 3. The minimum absolute atomic E-state index is 0.0307. The second-order valence-electron chi connectivity index (χ2n) is 6.57. The van der Waals surface area contributed by atoms with Crippen molar-refractivity contribution in [1.29, 1.82) is 0 Å². The van der Waals surface area contributed by atoms with Crippen LogP contribution in [0.1, 0.15) is 39.2 Å². The standard InChI is InChI=1S/C17H25NO2/c1-17(2,3)20-16(19)15-9-11-18(12-10-15)13-14-7-5-4-6-8-14/h4-8,15H,9-13H2,1-3H3. The predicted molar refractivity (Wildman–Crippen MR) is 80.3 cm³/mol. The van der Waals surface area contributed by atoms with Crippen LogP contribution in [-0.2, 0) is 16.1 Å². The normalized spacial score (nSPS) is 17.9. The zero-order chi connectivity index (χ0) is 14.6. The average Bonchev–Trinajstić information content (AvgIpc) is 2.39. The molecule has 110 valence electrons. The van der Waals surface area contributed by atoms with Gasteiger partial charge in [0.25, 0.3) is 0 Å². The lowest BCUT2D eigenvalue weighted by Gasteiger charge is -2.32. The van der Waals surface area contributed by atoms with Crippen LogP contribution in [0.2, 0.25) is 0 Å². The first-order chi connectivity index (χ1) is 9.44. The predicted octanol–water partition coefficient (Wildman–Crippen LogP) is 3.24. The summed E-state index contributed by atoms with van der Waals surface area (Å²) in [6.45, 7) is 8.69. The molecular formula is C17H25NO2. The van der Waals surface area contributed by atoms with Gasteiger partial charge >= 0.3 is 5.97 Å². The van der Waals surface area contributed by atoms with Gasteiger partial charge in [-0.2, -0.15) is 0 Å². The lowest BCUT2D eigenvalue weighted by atomic mass is 9.96. The Morgan fingerprint density at radius 2 is 1.80 bits per heavy atom. The fraction of sp³-hybridized carbons (Fsp3) is 0.588. The largest absolute Gasteiger partial charge is 0.460 e. The molecular weight excluding hydrogens is 250 g/mol. The highest BCUT2D eigenvalue weighted by Crippen LogP contribution is 2.22. The zero-order valence-corrected chi connectivity index (χ0v) is 12.8. The molecule has 2 rings (SSSR count). The Morgan fingerprint density at radius 1 is 1.20 bits per heavy atom. The van der Waals surface area contributed by atoms with E-state index in [1.165, 1.54) is 5.56 Å². The summed E-state index contributed by atoms with van der Waals surface area (Å²) in [4.78, 5) is 14.5. The second-order valence-corrected chi connectivity index (χ2v) is 6.57. The van der Waals surface area contributed by atoms with Crippen molar-refractivity contribution in [2.24, 2.45) is 5.92 Å². The van der Waals surface area contributed by atoms with Crippen LogP contribution in [0, 0.1) is 5.92 Å². The van der Waals surface area contributed by atoms with Gasteiger partial charge in [-0.1, -0.05) is 30.3 Å². The molecule has 0 N–H and O–H groups in total. The average molecular weight is 275 g/mol. The number of hydrogen-bond acceptors (Lipinski definition) is 3. The molecule has 1 aliphatic heterocycles. The number of ether oxygens (including phenoxy) is 1. The first kappa shape index (κ1) is 15.0. The lowest BCUT2D eigenvalue weighted by molar-refractivity contribution is -0.161. The molecule has 3 heteroatoms. The summed E-state index contributed by atoms with van der Waals surface area (Å²) in [7, 11) is 0. The molecule has 1 aromatic rings. The van der Waals surface area contributed by atoms with E-state index in [0.29, 0.717) is 0 Å². The summed E-state index contributed by atoms with van der Waals surface area (Å²) in [6, 6.07) is 10.5. The third-order valence-electron chi connectivity index (χ3n) is 3.58. The van der Waals surface area contributed by atoms with E-state index in [1.807, 2.05) is 26.8 Å². The molecule has 1 aromatic carbocycles. The number of hydrogen-bond donors (Lipinski definition) is 0. The molecule has 0 radical (unpaired) electrons. The van der Waals surface area contributed by atoms with Crippen molar-refractivity contribution in [2.45, 2.75) is 45.8 Å². The fourth-order valence-electron chi connectivity index (χ4n) is 2.55. The first-order valence-electron chi connectivity index (χ1n) is 7.43. The number of nitrogens with zero attached hydrogens (tertiary/aromatic N) is 1. The monoisotopic (exact) mass is 275 g/mol. The highest BCUT2D eigenvalue weighted by molar-refractivity contribution is 5.73. The minimum atomic E-state index is -0.377. The Bertz CT molecular complexity index is 428. The van der Waals surface area contributed by atoms with E-state index < -0.39 is 0 Å². The number of carbonyl (C=O) groups is 1. The van der Waals surface area contributed by atoms with Crippen molar-refractivity contribution in [2.75, 3.05) is 13.1 Å². The van der Waals surface area contributed by atoms with Crippen molar-refractivity contribution in [3.8, 4) is 0 Å². The van der Waals surface area contributed by atoms with Gasteiger partial charge in [0.15, 0.2) is 0 Å². The van der Waals surface area contributed by atoms with Gasteiger partial charge in [0, 0.05) is 6.54 Å². The van der Waals surface area contributed by atoms with Gasteiger partial charge in [-0.15, -0.1) is 0 Å². The molecule has 1 aliphatic rings. The molecule has 0 amide bonds. The van der Waals surface area contributed by atoms with Gasteiger partial charge in [-0.3, -0.25) is 9.69 Å². The smallest absolute Gasteiger partial charge is 0.309 e. The zero-order valence-electron chi connectivity index (χ0n) is 12.8. The number of benzene rings is 1. The van der Waals surface area contributed by atoms with Gasteiger partial charge in [0.05, 0.1) is 5.92 Å². The number of piperidine rings is 1. The maximum absolute atomic E-state index is 12.0. The quantitative estimate of drug-likeness (QED) is 0.793. The van der Waals surface area contributed by atoms with Gasteiger partial charge in [0.1, 0.15) is 5.60 Å². The van der Waals surface area contributed by atoms with E-state index in [9.17, 15) is 4.79 Å². The Hall–Kier alpha value is -1.35. The van der Waals surface area contributed by atoms with Crippen molar-refractivity contribution in [1.82, 2.24) is 4.90 Å². The van der Waals surface area contributed by atoms with Gasteiger partial charge < -0.3 is 4.74 Å². The Balaban J connectivity index is 1.79. The van der Waals surface area contributed by atoms with Crippen molar-refractivity contribution >= 4 is 5.97 Å². The van der Waals surface area contributed by atoms with Crippen LogP contribution in [-0.4, -0.2) is 29.6 Å². The summed E-state index contributed by atoms with van der Waals surface area (Å²) >= 11 is 0. The van der Waals surface area contributed by atoms with Gasteiger partial charge in [-0.05, 0) is 52.3 Å². The Morgan fingerprint density at radius 3 is 2.35 bits per heavy atom. The molecule has 0 atom stereocenters. The van der Waals surface area contributed by atoms with Crippen LogP contribution >= 0.6 is 0 Å². The highest BCUT2D eigenvalue weighted by Gasteiger charge is 2.28. The molecule has 0 saturated carbocycles. The summed E-state index contributed by atoms with van der Waals surface area (Å²) < 4.78 is 5.47. The van der Waals surface area contributed by atoms with Gasteiger partial charge in [0.2, 0.25) is 0 Å². The Labute approximate surface area is 121 Å². The molecule has 0 bridgehead atoms. The lowest BCUT2D eigenvalue weighted by Crippen LogP contribution is -2.38. The molecule has 3 nitrogen and oxygen atoms in total. The van der Waals surface area contributed by atoms with Crippen LogP contribution in [0.15, 0.2) is 30.3 Å². The third-order valence-corrected chi connectivity index (χ3v) is 3.58. The van der Waals surface area contributed by atoms with E-state index in [1.54, 1.807) is 0 Å². The fourth-order valence-corrected chi connectivity index (χ4v) is 2.55. The molecule has 0 aromatic heterocycles. The molecule has 0 unspecified atom stereocenters. The number of esters is 1. The highest BCUT2D eigenvalue weighted by atomic mass is 16.6. The van der Waals surface area contributed by atoms with Crippen molar-refractivity contribution in [3.05, 3.63) is 35.9 Å². The third kappa shape index (κ3) is 4.64. The van der Waals surface area contributed by atoms with E-state index in [-0.39, 0.29) is 17.5 Å². The number of likely N-dealkylation sites (tertiary alicyclic amines) is 1. The van der Waals surface area contributed by atoms with E-state index in [2.05, 4.69) is 29.2 Å². The molecule has 0 aliphatic carbocycles.